The molecule has 0 aromatic heterocycles. The molecular formula is C14H18ClNO3. The van der Waals surface area contributed by atoms with Gasteiger partial charge in [-0.3, -0.25) is 9.69 Å². The Kier molecular flexibility index (Phi) is 4.45. The monoisotopic (exact) mass is 283 g/mol. The molecule has 5 heteroatoms. The van der Waals surface area contributed by atoms with Crippen molar-refractivity contribution in [3.05, 3.63) is 34.9 Å². The van der Waals surface area contributed by atoms with E-state index >= 15 is 0 Å². The number of ether oxygens (including phenoxy) is 1. The lowest BCUT2D eigenvalue weighted by atomic mass is 9.99. The highest BCUT2D eigenvalue weighted by Crippen LogP contribution is 2.31. The number of nitrogens with zero attached hydrogens (tertiary/aromatic N) is 1. The second-order valence-corrected chi connectivity index (χ2v) is 5.32. The molecule has 19 heavy (non-hydrogen) atoms. The van der Waals surface area contributed by atoms with E-state index in [0.29, 0.717) is 11.6 Å². The topological polar surface area (TPSA) is 49.8 Å². The van der Waals surface area contributed by atoms with E-state index in [9.17, 15) is 9.90 Å². The Hall–Kier alpha value is -1.10. The summed E-state index contributed by atoms with van der Waals surface area (Å²) in [5, 5.41) is 9.91. The highest BCUT2D eigenvalue weighted by molar-refractivity contribution is 6.31. The van der Waals surface area contributed by atoms with Crippen LogP contribution in [0.2, 0.25) is 5.02 Å². The number of benzene rings is 1. The van der Waals surface area contributed by atoms with Crippen LogP contribution >= 0.6 is 11.6 Å². The molecule has 0 radical (unpaired) electrons. The van der Waals surface area contributed by atoms with Crippen molar-refractivity contribution in [3.8, 4) is 0 Å². The van der Waals surface area contributed by atoms with E-state index < -0.39 is 11.9 Å². The van der Waals surface area contributed by atoms with Gasteiger partial charge in [0.25, 0.3) is 0 Å². The first-order valence-electron chi connectivity index (χ1n) is 6.29. The number of aliphatic carboxylic acids is 1. The summed E-state index contributed by atoms with van der Waals surface area (Å²) < 4.78 is 5.31. The van der Waals surface area contributed by atoms with Crippen molar-refractivity contribution < 1.29 is 14.6 Å². The molecule has 1 N–H and O–H groups in total. The third-order valence-corrected chi connectivity index (χ3v) is 4.20. The fourth-order valence-corrected chi connectivity index (χ4v) is 2.79. The average Bonchev–Trinajstić information content (AvgIpc) is 2.87. The summed E-state index contributed by atoms with van der Waals surface area (Å²) in [6.07, 6.45) is 0. The van der Waals surface area contributed by atoms with Crippen LogP contribution in [0.1, 0.15) is 18.5 Å². The molecule has 1 aromatic carbocycles. The van der Waals surface area contributed by atoms with E-state index in [4.69, 9.17) is 16.3 Å². The van der Waals surface area contributed by atoms with Gasteiger partial charge >= 0.3 is 5.97 Å². The molecule has 1 saturated heterocycles. The molecule has 3 unspecified atom stereocenters. The smallest absolute Gasteiger partial charge is 0.310 e. The Morgan fingerprint density at radius 1 is 1.47 bits per heavy atom. The van der Waals surface area contributed by atoms with Crippen LogP contribution in [0.4, 0.5) is 0 Å². The molecule has 0 aliphatic carbocycles. The van der Waals surface area contributed by atoms with Crippen LogP contribution in [0.25, 0.3) is 0 Å². The van der Waals surface area contributed by atoms with Crippen molar-refractivity contribution in [2.45, 2.75) is 19.0 Å². The standard InChI is InChI=1S/C14H18ClNO3/c1-9(10-5-3-4-6-12(10)15)16(2)13-8-19-7-11(13)14(17)18/h3-6,9,11,13H,7-8H2,1-2H3,(H,17,18). The number of likely N-dealkylation sites (N-methyl/N-ethyl adjacent to an activating group) is 1. The van der Waals surface area contributed by atoms with Gasteiger partial charge < -0.3 is 9.84 Å². The van der Waals surface area contributed by atoms with Gasteiger partial charge in [-0.15, -0.1) is 0 Å². The van der Waals surface area contributed by atoms with E-state index in [-0.39, 0.29) is 18.7 Å². The molecule has 1 heterocycles. The summed E-state index contributed by atoms with van der Waals surface area (Å²) in [4.78, 5) is 13.2. The minimum Gasteiger partial charge on any atom is -0.481 e. The normalized spacial score (nSPS) is 24.6. The zero-order valence-corrected chi connectivity index (χ0v) is 11.8. The summed E-state index contributed by atoms with van der Waals surface area (Å²) in [6.45, 7) is 2.75. The highest BCUT2D eigenvalue weighted by Gasteiger charge is 2.38. The number of carboxylic acids is 1. The lowest BCUT2D eigenvalue weighted by Crippen LogP contribution is -2.42. The van der Waals surface area contributed by atoms with E-state index in [1.54, 1.807) is 0 Å². The molecule has 4 nitrogen and oxygen atoms in total. The third kappa shape index (κ3) is 2.91. The largest absolute Gasteiger partial charge is 0.481 e. The lowest BCUT2D eigenvalue weighted by Gasteiger charge is -2.32. The summed E-state index contributed by atoms with van der Waals surface area (Å²) in [5.74, 6) is -1.28. The Morgan fingerprint density at radius 2 is 2.16 bits per heavy atom. The zero-order valence-electron chi connectivity index (χ0n) is 11.0. The number of carboxylic acid groups (broad SMARTS) is 1. The van der Waals surface area contributed by atoms with E-state index in [1.165, 1.54) is 0 Å². The Bertz CT molecular complexity index is 466. The fraction of sp³-hybridized carbons (Fsp3) is 0.500. The number of hydrogen-bond donors (Lipinski definition) is 1. The Balaban J connectivity index is 2.17. The number of rotatable bonds is 4. The second kappa shape index (κ2) is 5.90. The van der Waals surface area contributed by atoms with E-state index in [1.807, 2.05) is 43.1 Å². The van der Waals surface area contributed by atoms with Gasteiger partial charge in [-0.25, -0.2) is 0 Å². The van der Waals surface area contributed by atoms with Crippen LogP contribution in [-0.4, -0.2) is 42.3 Å². The zero-order chi connectivity index (χ0) is 14.0. The lowest BCUT2D eigenvalue weighted by molar-refractivity contribution is -0.143. The molecule has 0 amide bonds. The maximum Gasteiger partial charge on any atom is 0.310 e. The Labute approximate surface area is 117 Å². The predicted octanol–water partition coefficient (Wildman–Crippen LogP) is 2.43. The minimum absolute atomic E-state index is 0.0437. The van der Waals surface area contributed by atoms with Crippen LogP contribution in [0.3, 0.4) is 0 Å². The number of halogens is 1. The van der Waals surface area contributed by atoms with Gasteiger partial charge in [-0.05, 0) is 25.6 Å². The van der Waals surface area contributed by atoms with Crippen LogP contribution < -0.4 is 0 Å². The number of carbonyl (C=O) groups is 1. The maximum atomic E-state index is 11.2. The summed E-state index contributed by atoms with van der Waals surface area (Å²) in [5.41, 5.74) is 1.00. The van der Waals surface area contributed by atoms with Gasteiger partial charge in [0.2, 0.25) is 0 Å². The molecule has 1 aromatic rings. The molecule has 1 aliphatic rings. The van der Waals surface area contributed by atoms with Gasteiger partial charge in [0.1, 0.15) is 0 Å². The van der Waals surface area contributed by atoms with E-state index in [2.05, 4.69) is 0 Å². The predicted molar refractivity (Wildman–Crippen MR) is 73.4 cm³/mol. The summed E-state index contributed by atoms with van der Waals surface area (Å²) in [6, 6.07) is 7.56. The number of hydrogen-bond acceptors (Lipinski definition) is 3. The Morgan fingerprint density at radius 3 is 2.79 bits per heavy atom. The van der Waals surface area contributed by atoms with Gasteiger partial charge in [0.15, 0.2) is 0 Å². The third-order valence-electron chi connectivity index (χ3n) is 3.86. The van der Waals surface area contributed by atoms with Crippen LogP contribution in [0, 0.1) is 5.92 Å². The van der Waals surface area contributed by atoms with Crippen LogP contribution in [0.15, 0.2) is 24.3 Å². The molecule has 1 aliphatic heterocycles. The molecular weight excluding hydrogens is 266 g/mol. The molecule has 2 rings (SSSR count). The first-order chi connectivity index (χ1) is 9.02. The highest BCUT2D eigenvalue weighted by atomic mass is 35.5. The molecule has 1 fully saturated rings. The minimum atomic E-state index is -0.805. The first-order valence-corrected chi connectivity index (χ1v) is 6.67. The molecule has 104 valence electrons. The average molecular weight is 284 g/mol. The van der Waals surface area contributed by atoms with Crippen molar-refractivity contribution in [2.24, 2.45) is 5.92 Å². The molecule has 0 bridgehead atoms. The van der Waals surface area contributed by atoms with Crippen molar-refractivity contribution in [1.29, 1.82) is 0 Å². The fourth-order valence-electron chi connectivity index (χ4n) is 2.50. The van der Waals surface area contributed by atoms with Crippen LogP contribution in [0.5, 0.6) is 0 Å². The van der Waals surface area contributed by atoms with Crippen molar-refractivity contribution in [1.82, 2.24) is 4.90 Å². The summed E-state index contributed by atoms with van der Waals surface area (Å²) >= 11 is 6.19. The van der Waals surface area contributed by atoms with E-state index in [0.717, 1.165) is 5.56 Å². The van der Waals surface area contributed by atoms with Crippen molar-refractivity contribution in [3.63, 3.8) is 0 Å². The molecule has 3 atom stereocenters. The maximum absolute atomic E-state index is 11.2. The van der Waals surface area contributed by atoms with Gasteiger partial charge in [-0.1, -0.05) is 29.8 Å². The van der Waals surface area contributed by atoms with Crippen molar-refractivity contribution in [2.75, 3.05) is 20.3 Å². The molecule has 0 saturated carbocycles. The van der Waals surface area contributed by atoms with Crippen molar-refractivity contribution >= 4 is 17.6 Å². The van der Waals surface area contributed by atoms with Gasteiger partial charge in [0, 0.05) is 17.1 Å². The van der Waals surface area contributed by atoms with Gasteiger partial charge in [0.05, 0.1) is 19.1 Å². The quantitative estimate of drug-likeness (QED) is 0.922. The summed E-state index contributed by atoms with van der Waals surface area (Å²) in [7, 11) is 1.92. The SMILES string of the molecule is CC(c1ccccc1Cl)N(C)C1COCC1C(=O)O. The first kappa shape index (κ1) is 14.3. The van der Waals surface area contributed by atoms with Gasteiger partial charge in [-0.2, -0.15) is 0 Å². The van der Waals surface area contributed by atoms with Crippen LogP contribution in [-0.2, 0) is 9.53 Å². The molecule has 0 spiro atoms. The second-order valence-electron chi connectivity index (χ2n) is 4.91.